The van der Waals surface area contributed by atoms with Gasteiger partial charge in [-0.15, -0.1) is 13.2 Å². The molecule has 0 saturated heterocycles. The predicted octanol–water partition coefficient (Wildman–Crippen LogP) is 5.94. The van der Waals surface area contributed by atoms with E-state index in [1.165, 1.54) is 37.8 Å². The molecule has 2 fully saturated rings. The third kappa shape index (κ3) is 5.38. The fourth-order valence-corrected chi connectivity index (χ4v) is 3.12. The van der Waals surface area contributed by atoms with Gasteiger partial charge in [0.1, 0.15) is 0 Å². The normalized spacial score (nSPS) is 18.9. The van der Waals surface area contributed by atoms with Crippen molar-refractivity contribution in [1.82, 2.24) is 0 Å². The van der Waals surface area contributed by atoms with Gasteiger partial charge < -0.3 is 9.47 Å². The lowest BCUT2D eigenvalue weighted by molar-refractivity contribution is -0.276. The lowest BCUT2D eigenvalue weighted by Crippen LogP contribution is -2.19. The Labute approximate surface area is 144 Å². The van der Waals surface area contributed by atoms with Crippen molar-refractivity contribution in [3.05, 3.63) is 35.7 Å². The van der Waals surface area contributed by atoms with Crippen LogP contribution in [0.4, 0.5) is 17.6 Å². The van der Waals surface area contributed by atoms with E-state index in [-0.39, 0.29) is 17.4 Å². The topological polar surface area (TPSA) is 18.5 Å². The van der Waals surface area contributed by atoms with Crippen LogP contribution in [0.25, 0.3) is 0 Å². The zero-order valence-electron chi connectivity index (χ0n) is 13.9. The van der Waals surface area contributed by atoms with Gasteiger partial charge in [-0.2, -0.15) is 0 Å². The number of alkyl halides is 3. The van der Waals surface area contributed by atoms with Gasteiger partial charge in [0.2, 0.25) is 5.75 Å². The molecule has 2 nitrogen and oxygen atoms in total. The van der Waals surface area contributed by atoms with Gasteiger partial charge in [0.15, 0.2) is 11.6 Å². The molecule has 0 aromatic heterocycles. The second-order valence-corrected chi connectivity index (χ2v) is 6.74. The van der Waals surface area contributed by atoms with Gasteiger partial charge in [0.25, 0.3) is 0 Å². The molecule has 0 amide bonds. The molecule has 25 heavy (non-hydrogen) atoms. The van der Waals surface area contributed by atoms with Crippen LogP contribution in [-0.2, 0) is 6.42 Å². The summed E-state index contributed by atoms with van der Waals surface area (Å²) in [7, 11) is 0. The average Bonchev–Trinajstić information content (AvgIpc) is 3.20. The number of aryl methyl sites for hydroxylation is 1. The quantitative estimate of drug-likeness (QED) is 0.443. The molecule has 0 N–H and O–H groups in total. The third-order valence-corrected chi connectivity index (χ3v) is 4.57. The molecule has 0 bridgehead atoms. The van der Waals surface area contributed by atoms with E-state index < -0.39 is 17.9 Å². The van der Waals surface area contributed by atoms with Gasteiger partial charge in [-0.3, -0.25) is 0 Å². The highest BCUT2D eigenvalue weighted by molar-refractivity contribution is 5.45. The number of ether oxygens (including phenoxy) is 2. The largest absolute Gasteiger partial charge is 0.573 e. The molecule has 0 aliphatic heterocycles. The smallest absolute Gasteiger partial charge is 0.486 e. The average molecular weight is 358 g/mol. The standard InChI is InChI=1S/C19H22F4O2/c20-17-14(8-4-3-7-13-5-1-2-6-13)9-12-16(24-15-10-11-15)18(17)25-19(21,22)23/h3,7,9,12-13,15H,1-2,4-6,8,10-11H2/b7-3+. The molecule has 3 rings (SSSR count). The SMILES string of the molecule is Fc1c(CC/C=C/C2CCCC2)ccc(OC2CC2)c1OC(F)(F)F. The molecule has 0 atom stereocenters. The van der Waals surface area contributed by atoms with E-state index in [1.54, 1.807) is 0 Å². The Hall–Kier alpha value is -1.72. The first-order valence-electron chi connectivity index (χ1n) is 8.83. The van der Waals surface area contributed by atoms with Gasteiger partial charge in [-0.25, -0.2) is 4.39 Å². The fourth-order valence-electron chi connectivity index (χ4n) is 3.12. The highest BCUT2D eigenvalue weighted by Gasteiger charge is 2.36. The Morgan fingerprint density at radius 3 is 2.44 bits per heavy atom. The Kier molecular flexibility index (Phi) is 5.54. The Bertz CT molecular complexity index is 615. The molecule has 1 aromatic carbocycles. The monoisotopic (exact) mass is 358 g/mol. The van der Waals surface area contributed by atoms with Crippen molar-refractivity contribution in [3.63, 3.8) is 0 Å². The van der Waals surface area contributed by atoms with Crippen molar-refractivity contribution < 1.29 is 27.0 Å². The van der Waals surface area contributed by atoms with E-state index in [2.05, 4.69) is 10.8 Å². The van der Waals surface area contributed by atoms with Gasteiger partial charge in [0.05, 0.1) is 6.10 Å². The first-order valence-corrected chi connectivity index (χ1v) is 8.83. The van der Waals surface area contributed by atoms with E-state index in [9.17, 15) is 17.6 Å². The van der Waals surface area contributed by atoms with Crippen molar-refractivity contribution >= 4 is 0 Å². The van der Waals surface area contributed by atoms with Crippen molar-refractivity contribution in [2.24, 2.45) is 5.92 Å². The summed E-state index contributed by atoms with van der Waals surface area (Å²) in [6.07, 6.45) is 6.32. The van der Waals surface area contributed by atoms with Gasteiger partial charge in [-0.05, 0) is 56.1 Å². The first kappa shape index (κ1) is 18.1. The van der Waals surface area contributed by atoms with Crippen molar-refractivity contribution in [2.75, 3.05) is 0 Å². The summed E-state index contributed by atoms with van der Waals surface area (Å²) in [6.45, 7) is 0. The summed E-state index contributed by atoms with van der Waals surface area (Å²) in [5, 5.41) is 0. The fraction of sp³-hybridized carbons (Fsp3) is 0.579. The minimum absolute atomic E-state index is 0.143. The third-order valence-electron chi connectivity index (χ3n) is 4.57. The predicted molar refractivity (Wildman–Crippen MR) is 86.2 cm³/mol. The molecular formula is C19H22F4O2. The second kappa shape index (κ2) is 7.67. The van der Waals surface area contributed by atoms with Gasteiger partial charge in [-0.1, -0.05) is 31.1 Å². The summed E-state index contributed by atoms with van der Waals surface area (Å²) in [5.74, 6) is -1.42. The Balaban J connectivity index is 1.68. The van der Waals surface area contributed by atoms with Crippen LogP contribution in [0.2, 0.25) is 0 Å². The van der Waals surface area contributed by atoms with Crippen LogP contribution in [0.3, 0.4) is 0 Å². The minimum atomic E-state index is -4.95. The van der Waals surface area contributed by atoms with Gasteiger partial charge in [0, 0.05) is 0 Å². The maximum absolute atomic E-state index is 14.5. The van der Waals surface area contributed by atoms with Crippen molar-refractivity contribution in [2.45, 2.75) is 63.8 Å². The lowest BCUT2D eigenvalue weighted by Gasteiger charge is -2.16. The molecule has 2 saturated carbocycles. The minimum Gasteiger partial charge on any atom is -0.486 e. The highest BCUT2D eigenvalue weighted by atomic mass is 19.4. The Morgan fingerprint density at radius 1 is 1.08 bits per heavy atom. The van der Waals surface area contributed by atoms with Crippen LogP contribution in [0.15, 0.2) is 24.3 Å². The number of halogens is 4. The molecule has 0 radical (unpaired) electrons. The summed E-state index contributed by atoms with van der Waals surface area (Å²) in [6, 6.07) is 2.86. The molecule has 0 heterocycles. The molecule has 2 aliphatic carbocycles. The van der Waals surface area contributed by atoms with E-state index in [1.807, 2.05) is 6.08 Å². The van der Waals surface area contributed by atoms with Crippen LogP contribution in [0, 0.1) is 11.7 Å². The zero-order valence-corrected chi connectivity index (χ0v) is 13.9. The summed E-state index contributed by atoms with van der Waals surface area (Å²) < 4.78 is 61.6. The second-order valence-electron chi connectivity index (χ2n) is 6.74. The maximum atomic E-state index is 14.5. The maximum Gasteiger partial charge on any atom is 0.573 e. The molecule has 1 aromatic rings. The van der Waals surface area contributed by atoms with Crippen molar-refractivity contribution in [3.8, 4) is 11.5 Å². The Morgan fingerprint density at radius 2 is 1.80 bits per heavy atom. The summed E-state index contributed by atoms with van der Waals surface area (Å²) >= 11 is 0. The molecule has 6 heteroatoms. The lowest BCUT2D eigenvalue weighted by atomic mass is 10.0. The summed E-state index contributed by atoms with van der Waals surface area (Å²) in [4.78, 5) is 0. The molecule has 138 valence electrons. The van der Waals surface area contributed by atoms with Crippen LogP contribution >= 0.6 is 0 Å². The summed E-state index contributed by atoms with van der Waals surface area (Å²) in [5.41, 5.74) is 0.207. The zero-order chi connectivity index (χ0) is 17.9. The van der Waals surface area contributed by atoms with Crippen molar-refractivity contribution in [1.29, 1.82) is 0 Å². The molecular weight excluding hydrogens is 336 g/mol. The number of hydrogen-bond donors (Lipinski definition) is 0. The molecule has 2 aliphatic rings. The van der Waals surface area contributed by atoms with Crippen LogP contribution in [-0.4, -0.2) is 12.5 Å². The number of hydrogen-bond acceptors (Lipinski definition) is 2. The van der Waals surface area contributed by atoms with Crippen LogP contribution in [0.5, 0.6) is 11.5 Å². The molecule has 0 unspecified atom stereocenters. The van der Waals surface area contributed by atoms with E-state index in [0.29, 0.717) is 18.8 Å². The molecule has 0 spiro atoms. The van der Waals surface area contributed by atoms with Crippen LogP contribution in [0.1, 0.15) is 50.5 Å². The van der Waals surface area contributed by atoms with E-state index in [4.69, 9.17) is 4.74 Å². The number of benzene rings is 1. The number of rotatable bonds is 7. The number of allylic oxidation sites excluding steroid dienone is 2. The van der Waals surface area contributed by atoms with Gasteiger partial charge >= 0.3 is 6.36 Å². The van der Waals surface area contributed by atoms with E-state index in [0.717, 1.165) is 12.8 Å². The van der Waals surface area contributed by atoms with E-state index >= 15 is 0 Å². The van der Waals surface area contributed by atoms with Crippen LogP contribution < -0.4 is 9.47 Å². The first-order chi connectivity index (χ1) is 11.9. The highest BCUT2D eigenvalue weighted by Crippen LogP contribution is 2.39.